The number of pyridine rings is 1. The normalized spacial score (nSPS) is 23.4. The van der Waals surface area contributed by atoms with E-state index < -0.39 is 0 Å². The summed E-state index contributed by atoms with van der Waals surface area (Å²) in [5.74, 6) is 1.62. The molecule has 0 saturated carbocycles. The molecule has 1 saturated heterocycles. The van der Waals surface area contributed by atoms with Gasteiger partial charge < -0.3 is 9.84 Å². The van der Waals surface area contributed by atoms with Crippen molar-refractivity contribution in [1.82, 2.24) is 20.4 Å². The van der Waals surface area contributed by atoms with Crippen molar-refractivity contribution < 1.29 is 4.52 Å². The van der Waals surface area contributed by atoms with Crippen LogP contribution in [0.2, 0.25) is 0 Å². The van der Waals surface area contributed by atoms with Gasteiger partial charge in [-0.1, -0.05) is 11.2 Å². The van der Waals surface area contributed by atoms with E-state index in [1.807, 2.05) is 19.1 Å². The topological polar surface area (TPSA) is 63.8 Å². The van der Waals surface area contributed by atoms with Gasteiger partial charge in [0.15, 0.2) is 0 Å². The predicted molar refractivity (Wildman–Crippen MR) is 67.1 cm³/mol. The molecule has 1 fully saturated rings. The summed E-state index contributed by atoms with van der Waals surface area (Å²) in [5.41, 5.74) is 1.86. The zero-order chi connectivity index (χ0) is 12.5. The third-order valence-corrected chi connectivity index (χ3v) is 3.51. The van der Waals surface area contributed by atoms with Crippen molar-refractivity contribution in [3.63, 3.8) is 0 Å². The molecular formula is C13H16N4O. The fourth-order valence-electron chi connectivity index (χ4n) is 2.40. The second-order valence-electron chi connectivity index (χ2n) is 4.76. The first-order valence-corrected chi connectivity index (χ1v) is 6.24. The molecule has 5 nitrogen and oxygen atoms in total. The van der Waals surface area contributed by atoms with E-state index in [4.69, 9.17) is 4.52 Å². The van der Waals surface area contributed by atoms with Gasteiger partial charge >= 0.3 is 0 Å². The highest BCUT2D eigenvalue weighted by Gasteiger charge is 2.29. The second kappa shape index (κ2) is 4.49. The summed E-state index contributed by atoms with van der Waals surface area (Å²) in [6, 6.07) is 4.30. The van der Waals surface area contributed by atoms with Gasteiger partial charge in [0, 0.05) is 12.2 Å². The van der Waals surface area contributed by atoms with E-state index in [2.05, 4.69) is 27.4 Å². The number of aromatic nitrogens is 3. The molecule has 2 aromatic heterocycles. The van der Waals surface area contributed by atoms with Gasteiger partial charge in [-0.2, -0.15) is 4.98 Å². The van der Waals surface area contributed by atoms with Crippen LogP contribution in [-0.2, 0) is 0 Å². The first-order chi connectivity index (χ1) is 8.75. The molecular weight excluding hydrogens is 228 g/mol. The molecule has 1 aliphatic rings. The van der Waals surface area contributed by atoms with E-state index in [9.17, 15) is 0 Å². The Bertz CT molecular complexity index is 551. The average Bonchev–Trinajstić information content (AvgIpc) is 2.98. The molecule has 0 amide bonds. The molecule has 2 unspecified atom stereocenters. The van der Waals surface area contributed by atoms with Gasteiger partial charge in [0.05, 0.1) is 5.92 Å². The molecule has 0 bridgehead atoms. The SMILES string of the molecule is Cc1cccnc1-c1noc(C2CCNC2C)n1. The molecule has 3 heterocycles. The summed E-state index contributed by atoms with van der Waals surface area (Å²) in [5, 5.41) is 7.43. The molecule has 18 heavy (non-hydrogen) atoms. The molecule has 0 spiro atoms. The Kier molecular flexibility index (Phi) is 2.83. The lowest BCUT2D eigenvalue weighted by molar-refractivity contribution is 0.345. The lowest BCUT2D eigenvalue weighted by Crippen LogP contribution is -2.21. The molecule has 3 rings (SSSR count). The van der Waals surface area contributed by atoms with Crippen molar-refractivity contribution in [2.45, 2.75) is 32.2 Å². The largest absolute Gasteiger partial charge is 0.339 e. The summed E-state index contributed by atoms with van der Waals surface area (Å²) in [7, 11) is 0. The number of rotatable bonds is 2. The van der Waals surface area contributed by atoms with Gasteiger partial charge in [-0.15, -0.1) is 0 Å². The number of nitrogens with zero attached hydrogens (tertiary/aromatic N) is 3. The molecule has 5 heteroatoms. The third kappa shape index (κ3) is 1.90. The van der Waals surface area contributed by atoms with Crippen LogP contribution < -0.4 is 5.32 Å². The van der Waals surface area contributed by atoms with Gasteiger partial charge in [0.2, 0.25) is 11.7 Å². The van der Waals surface area contributed by atoms with Gasteiger partial charge in [0.25, 0.3) is 0 Å². The summed E-state index contributed by atoms with van der Waals surface area (Å²) < 4.78 is 5.39. The first-order valence-electron chi connectivity index (χ1n) is 6.24. The van der Waals surface area contributed by atoms with Crippen molar-refractivity contribution in [2.24, 2.45) is 0 Å². The fourth-order valence-corrected chi connectivity index (χ4v) is 2.40. The summed E-state index contributed by atoms with van der Waals surface area (Å²) in [4.78, 5) is 8.80. The maximum absolute atomic E-state index is 5.39. The predicted octanol–water partition coefficient (Wildman–Crippen LogP) is 1.91. The molecule has 2 atom stereocenters. The Hall–Kier alpha value is -1.75. The minimum Gasteiger partial charge on any atom is -0.339 e. The lowest BCUT2D eigenvalue weighted by Gasteiger charge is -2.08. The van der Waals surface area contributed by atoms with Crippen LogP contribution in [0.3, 0.4) is 0 Å². The van der Waals surface area contributed by atoms with Crippen molar-refractivity contribution >= 4 is 0 Å². The number of nitrogens with one attached hydrogen (secondary N) is 1. The van der Waals surface area contributed by atoms with Crippen LogP contribution in [0, 0.1) is 6.92 Å². The zero-order valence-electron chi connectivity index (χ0n) is 10.6. The van der Waals surface area contributed by atoms with Crippen LogP contribution in [0.1, 0.15) is 30.7 Å². The Morgan fingerprint density at radius 3 is 3.06 bits per heavy atom. The minimum absolute atomic E-state index is 0.315. The third-order valence-electron chi connectivity index (χ3n) is 3.51. The van der Waals surface area contributed by atoms with Crippen LogP contribution in [0.25, 0.3) is 11.5 Å². The van der Waals surface area contributed by atoms with E-state index in [-0.39, 0.29) is 0 Å². The van der Waals surface area contributed by atoms with Gasteiger partial charge in [-0.25, -0.2) is 0 Å². The van der Waals surface area contributed by atoms with Crippen molar-refractivity contribution in [2.75, 3.05) is 6.54 Å². The molecule has 94 valence electrons. The Morgan fingerprint density at radius 1 is 1.44 bits per heavy atom. The summed E-state index contributed by atoms with van der Waals surface area (Å²) >= 11 is 0. The number of aryl methyl sites for hydroxylation is 1. The Morgan fingerprint density at radius 2 is 2.33 bits per heavy atom. The monoisotopic (exact) mass is 244 g/mol. The lowest BCUT2D eigenvalue weighted by atomic mass is 10.0. The fraction of sp³-hybridized carbons (Fsp3) is 0.462. The summed E-state index contributed by atoms with van der Waals surface area (Å²) in [6.07, 6.45) is 2.79. The summed E-state index contributed by atoms with van der Waals surface area (Å²) in [6.45, 7) is 5.15. The van der Waals surface area contributed by atoms with Crippen LogP contribution >= 0.6 is 0 Å². The van der Waals surface area contributed by atoms with Crippen LogP contribution in [0.4, 0.5) is 0 Å². The smallest absolute Gasteiger partial charge is 0.231 e. The molecule has 1 N–H and O–H groups in total. The standard InChI is InChI=1S/C13H16N4O/c1-8-4-3-6-15-11(8)12-16-13(18-17-12)10-5-7-14-9(10)2/h3-4,6,9-10,14H,5,7H2,1-2H3. The number of hydrogen-bond donors (Lipinski definition) is 1. The van der Waals surface area contributed by atoms with E-state index in [1.54, 1.807) is 6.20 Å². The first kappa shape index (κ1) is 11.3. The van der Waals surface area contributed by atoms with E-state index in [0.29, 0.717) is 23.7 Å². The Labute approximate surface area is 106 Å². The van der Waals surface area contributed by atoms with Crippen LogP contribution in [-0.4, -0.2) is 27.7 Å². The highest BCUT2D eigenvalue weighted by molar-refractivity contribution is 5.53. The second-order valence-corrected chi connectivity index (χ2v) is 4.76. The van der Waals surface area contributed by atoms with Gasteiger partial charge in [-0.05, 0) is 38.4 Å². The minimum atomic E-state index is 0.315. The highest BCUT2D eigenvalue weighted by Crippen LogP contribution is 2.28. The van der Waals surface area contributed by atoms with Gasteiger partial charge in [0.1, 0.15) is 5.69 Å². The maximum Gasteiger partial charge on any atom is 0.231 e. The zero-order valence-corrected chi connectivity index (χ0v) is 10.6. The molecule has 0 aromatic carbocycles. The van der Waals surface area contributed by atoms with E-state index in [1.165, 1.54) is 0 Å². The molecule has 0 aliphatic carbocycles. The van der Waals surface area contributed by atoms with Crippen molar-refractivity contribution in [3.8, 4) is 11.5 Å². The van der Waals surface area contributed by atoms with Crippen molar-refractivity contribution in [1.29, 1.82) is 0 Å². The van der Waals surface area contributed by atoms with E-state index in [0.717, 1.165) is 24.2 Å². The average molecular weight is 244 g/mol. The Balaban J connectivity index is 1.92. The molecule has 0 radical (unpaired) electrons. The maximum atomic E-state index is 5.39. The van der Waals surface area contributed by atoms with Crippen molar-refractivity contribution in [3.05, 3.63) is 29.8 Å². The number of hydrogen-bond acceptors (Lipinski definition) is 5. The van der Waals surface area contributed by atoms with E-state index >= 15 is 0 Å². The van der Waals surface area contributed by atoms with Gasteiger partial charge in [-0.3, -0.25) is 4.98 Å². The molecule has 1 aliphatic heterocycles. The van der Waals surface area contributed by atoms with Crippen LogP contribution in [0.5, 0.6) is 0 Å². The van der Waals surface area contributed by atoms with Crippen LogP contribution in [0.15, 0.2) is 22.9 Å². The molecule has 2 aromatic rings. The highest BCUT2D eigenvalue weighted by atomic mass is 16.5. The quantitative estimate of drug-likeness (QED) is 0.874.